The third-order valence-corrected chi connectivity index (χ3v) is 3.54. The number of hydrogen-bond acceptors (Lipinski definition) is 3. The summed E-state index contributed by atoms with van der Waals surface area (Å²) in [6.45, 7) is 3.11. The van der Waals surface area contributed by atoms with Gasteiger partial charge in [0.25, 0.3) is 10.2 Å². The molecule has 0 radical (unpaired) electrons. The number of carbonyl (C=O) groups excluding carboxylic acids is 1. The standard InChI is InChI=1S/C10H17N3O3S/c1-2-3-4-5-10(14)12-6-8-13(9-7-12)17(11,15)16/h2-5H,6-9H2,1H3,(H2,11,15,16)/b3-2+,5-4+. The molecule has 0 unspecified atom stereocenters. The third-order valence-electron chi connectivity index (χ3n) is 2.45. The second-order valence-corrected chi connectivity index (χ2v) is 5.20. The SMILES string of the molecule is C/C=C/C=C/C(=O)N1CCN(S(N)(=O)=O)CC1. The van der Waals surface area contributed by atoms with E-state index in [9.17, 15) is 13.2 Å². The molecule has 1 fully saturated rings. The van der Waals surface area contributed by atoms with Gasteiger partial charge in [-0.25, -0.2) is 5.14 Å². The first-order chi connectivity index (χ1) is 7.95. The minimum atomic E-state index is -3.63. The highest BCUT2D eigenvalue weighted by molar-refractivity contribution is 7.86. The highest BCUT2D eigenvalue weighted by Gasteiger charge is 2.25. The molecule has 0 spiro atoms. The van der Waals surface area contributed by atoms with Crippen molar-refractivity contribution in [2.75, 3.05) is 26.2 Å². The van der Waals surface area contributed by atoms with Gasteiger partial charge in [-0.1, -0.05) is 18.2 Å². The molecule has 1 heterocycles. The maximum atomic E-state index is 11.6. The second kappa shape index (κ2) is 5.95. The van der Waals surface area contributed by atoms with Crippen LogP contribution >= 0.6 is 0 Å². The fourth-order valence-electron chi connectivity index (χ4n) is 1.52. The second-order valence-electron chi connectivity index (χ2n) is 3.65. The van der Waals surface area contributed by atoms with E-state index >= 15 is 0 Å². The normalized spacial score (nSPS) is 19.3. The van der Waals surface area contributed by atoms with Gasteiger partial charge in [0.15, 0.2) is 0 Å². The van der Waals surface area contributed by atoms with Gasteiger partial charge in [-0.2, -0.15) is 12.7 Å². The Labute approximate surface area is 102 Å². The maximum absolute atomic E-state index is 11.6. The summed E-state index contributed by atoms with van der Waals surface area (Å²) >= 11 is 0. The molecule has 0 aromatic rings. The summed E-state index contributed by atoms with van der Waals surface area (Å²) in [7, 11) is -3.63. The summed E-state index contributed by atoms with van der Waals surface area (Å²) in [6.07, 6.45) is 6.71. The molecule has 0 atom stereocenters. The van der Waals surface area contributed by atoms with Crippen LogP contribution in [-0.2, 0) is 15.0 Å². The number of nitrogens with two attached hydrogens (primary N) is 1. The quantitative estimate of drug-likeness (QED) is 0.546. The molecule has 1 rings (SSSR count). The van der Waals surface area contributed by atoms with Gasteiger partial charge in [-0.05, 0) is 6.92 Å². The van der Waals surface area contributed by atoms with Gasteiger partial charge in [-0.3, -0.25) is 4.79 Å². The van der Waals surface area contributed by atoms with Crippen LogP contribution in [0.1, 0.15) is 6.92 Å². The molecule has 96 valence electrons. The molecule has 0 aromatic carbocycles. The van der Waals surface area contributed by atoms with Gasteiger partial charge in [-0.15, -0.1) is 0 Å². The Hall–Kier alpha value is -1.18. The highest BCUT2D eigenvalue weighted by atomic mass is 32.2. The molecule has 7 heteroatoms. The van der Waals surface area contributed by atoms with Crippen LogP contribution in [0.4, 0.5) is 0 Å². The minimum absolute atomic E-state index is 0.114. The van der Waals surface area contributed by atoms with E-state index in [1.165, 1.54) is 10.4 Å². The molecule has 0 bridgehead atoms. The fourth-order valence-corrected chi connectivity index (χ4v) is 2.19. The van der Waals surface area contributed by atoms with E-state index < -0.39 is 10.2 Å². The largest absolute Gasteiger partial charge is 0.337 e. The summed E-state index contributed by atoms with van der Waals surface area (Å²) in [4.78, 5) is 13.2. The Morgan fingerprint density at radius 1 is 1.18 bits per heavy atom. The van der Waals surface area contributed by atoms with Crippen molar-refractivity contribution in [3.05, 3.63) is 24.3 Å². The first-order valence-electron chi connectivity index (χ1n) is 5.31. The number of rotatable bonds is 3. The topological polar surface area (TPSA) is 83.7 Å². The molecular formula is C10H17N3O3S. The molecule has 17 heavy (non-hydrogen) atoms. The van der Waals surface area contributed by atoms with E-state index in [0.29, 0.717) is 13.1 Å². The lowest BCUT2D eigenvalue weighted by atomic mass is 10.3. The monoisotopic (exact) mass is 259 g/mol. The summed E-state index contributed by atoms with van der Waals surface area (Å²) in [5, 5.41) is 5.00. The maximum Gasteiger partial charge on any atom is 0.277 e. The molecule has 6 nitrogen and oxygen atoms in total. The molecular weight excluding hydrogens is 242 g/mol. The van der Waals surface area contributed by atoms with Crippen LogP contribution in [0, 0.1) is 0 Å². The van der Waals surface area contributed by atoms with Crippen molar-refractivity contribution >= 4 is 16.1 Å². The molecule has 0 aliphatic carbocycles. The van der Waals surface area contributed by atoms with E-state index in [2.05, 4.69) is 0 Å². The summed E-state index contributed by atoms with van der Waals surface area (Å²) < 4.78 is 23.3. The predicted octanol–water partition coefficient (Wildman–Crippen LogP) is -0.534. The van der Waals surface area contributed by atoms with Crippen molar-refractivity contribution in [3.8, 4) is 0 Å². The molecule has 1 amide bonds. The fraction of sp³-hybridized carbons (Fsp3) is 0.500. The average molecular weight is 259 g/mol. The van der Waals surface area contributed by atoms with Crippen LogP contribution in [0.25, 0.3) is 0 Å². The van der Waals surface area contributed by atoms with Crippen molar-refractivity contribution in [2.24, 2.45) is 5.14 Å². The molecule has 2 N–H and O–H groups in total. The first-order valence-corrected chi connectivity index (χ1v) is 6.81. The summed E-state index contributed by atoms with van der Waals surface area (Å²) in [5.74, 6) is -0.114. The number of carbonyl (C=O) groups is 1. The average Bonchev–Trinajstić information content (AvgIpc) is 2.28. The number of piperazine rings is 1. The molecule has 0 saturated carbocycles. The predicted molar refractivity (Wildman–Crippen MR) is 65.2 cm³/mol. The van der Waals surface area contributed by atoms with Crippen LogP contribution in [-0.4, -0.2) is 49.7 Å². The summed E-state index contributed by atoms with van der Waals surface area (Å²) in [6, 6.07) is 0. The van der Waals surface area contributed by atoms with E-state index in [-0.39, 0.29) is 19.0 Å². The first kappa shape index (κ1) is 13.9. The Morgan fingerprint density at radius 2 is 1.76 bits per heavy atom. The van der Waals surface area contributed by atoms with E-state index in [1.807, 2.05) is 13.0 Å². The zero-order chi connectivity index (χ0) is 12.9. The minimum Gasteiger partial charge on any atom is -0.337 e. The third kappa shape index (κ3) is 4.29. The van der Waals surface area contributed by atoms with Gasteiger partial charge in [0, 0.05) is 32.3 Å². The molecule has 1 saturated heterocycles. The van der Waals surface area contributed by atoms with Crippen LogP contribution in [0.2, 0.25) is 0 Å². The van der Waals surface area contributed by atoms with Crippen molar-refractivity contribution in [1.82, 2.24) is 9.21 Å². The zero-order valence-electron chi connectivity index (χ0n) is 9.74. The van der Waals surface area contributed by atoms with Crippen LogP contribution in [0.5, 0.6) is 0 Å². The van der Waals surface area contributed by atoms with Crippen LogP contribution in [0.3, 0.4) is 0 Å². The number of hydrogen-bond donors (Lipinski definition) is 1. The lowest BCUT2D eigenvalue weighted by molar-refractivity contribution is -0.127. The smallest absolute Gasteiger partial charge is 0.277 e. The van der Waals surface area contributed by atoms with Crippen LogP contribution < -0.4 is 5.14 Å². The van der Waals surface area contributed by atoms with Crippen LogP contribution in [0.15, 0.2) is 24.3 Å². The Morgan fingerprint density at radius 3 is 2.24 bits per heavy atom. The van der Waals surface area contributed by atoms with Gasteiger partial charge in [0.2, 0.25) is 5.91 Å². The molecule has 1 aliphatic heterocycles. The lowest BCUT2D eigenvalue weighted by Crippen LogP contribution is -2.51. The van der Waals surface area contributed by atoms with Gasteiger partial charge < -0.3 is 4.90 Å². The zero-order valence-corrected chi connectivity index (χ0v) is 10.6. The Bertz CT molecular complexity index is 420. The molecule has 1 aliphatic rings. The Kier molecular flexibility index (Phi) is 4.86. The highest BCUT2D eigenvalue weighted by Crippen LogP contribution is 2.05. The summed E-state index contributed by atoms with van der Waals surface area (Å²) in [5.41, 5.74) is 0. The lowest BCUT2D eigenvalue weighted by Gasteiger charge is -2.32. The van der Waals surface area contributed by atoms with E-state index in [0.717, 1.165) is 0 Å². The van der Waals surface area contributed by atoms with E-state index in [1.54, 1.807) is 17.1 Å². The van der Waals surface area contributed by atoms with Crippen molar-refractivity contribution in [2.45, 2.75) is 6.92 Å². The number of allylic oxidation sites excluding steroid dienone is 3. The number of amides is 1. The van der Waals surface area contributed by atoms with Crippen molar-refractivity contribution in [1.29, 1.82) is 0 Å². The van der Waals surface area contributed by atoms with Crippen molar-refractivity contribution in [3.63, 3.8) is 0 Å². The van der Waals surface area contributed by atoms with Crippen molar-refractivity contribution < 1.29 is 13.2 Å². The van der Waals surface area contributed by atoms with Gasteiger partial charge in [0.05, 0.1) is 0 Å². The Balaban J connectivity index is 2.50. The van der Waals surface area contributed by atoms with Gasteiger partial charge >= 0.3 is 0 Å². The van der Waals surface area contributed by atoms with Gasteiger partial charge in [0.1, 0.15) is 0 Å². The number of nitrogens with zero attached hydrogens (tertiary/aromatic N) is 2. The van der Waals surface area contributed by atoms with E-state index in [4.69, 9.17) is 5.14 Å². The molecule has 0 aromatic heterocycles.